The van der Waals surface area contributed by atoms with Gasteiger partial charge < -0.3 is 14.6 Å². The molecule has 0 aliphatic carbocycles. The summed E-state index contributed by atoms with van der Waals surface area (Å²) >= 11 is 0. The minimum atomic E-state index is -1.30. The Morgan fingerprint density at radius 3 is 2.26 bits per heavy atom. The Labute approximate surface area is 198 Å². The number of aliphatic hydroxyl groups excluding tert-OH is 1. The van der Waals surface area contributed by atoms with Gasteiger partial charge in [0.15, 0.2) is 11.5 Å². The predicted molar refractivity (Wildman–Crippen MR) is 122 cm³/mol. The first-order valence-electron chi connectivity index (χ1n) is 10.6. The number of halogens is 3. The highest BCUT2D eigenvalue weighted by atomic mass is 19.1. The van der Waals surface area contributed by atoms with Gasteiger partial charge in [-0.15, -0.1) is 0 Å². The number of methoxy groups -OCH3 is 1. The maximum absolute atomic E-state index is 14.8. The molecule has 4 rings (SSSR count). The maximum Gasteiger partial charge on any atom is 0.300 e. The minimum Gasteiger partial charge on any atom is -0.507 e. The summed E-state index contributed by atoms with van der Waals surface area (Å²) < 4.78 is 52.7. The molecular formula is C26H20F3NO5. The van der Waals surface area contributed by atoms with Crippen LogP contribution in [0.2, 0.25) is 0 Å². The molecule has 1 N–H and O–H groups in total. The lowest BCUT2D eigenvalue weighted by Crippen LogP contribution is -2.30. The van der Waals surface area contributed by atoms with E-state index in [0.29, 0.717) is 23.1 Å². The zero-order chi connectivity index (χ0) is 25.3. The Balaban J connectivity index is 1.98. The molecule has 9 heteroatoms. The van der Waals surface area contributed by atoms with Crippen molar-refractivity contribution in [3.05, 3.63) is 94.8 Å². The second kappa shape index (κ2) is 9.54. The van der Waals surface area contributed by atoms with Crippen LogP contribution in [0.25, 0.3) is 5.76 Å². The summed E-state index contributed by atoms with van der Waals surface area (Å²) in [6.45, 7) is 2.03. The Hall–Kier alpha value is -4.27. The molecule has 0 aromatic heterocycles. The molecule has 1 aliphatic heterocycles. The third kappa shape index (κ3) is 4.32. The highest BCUT2D eigenvalue weighted by molar-refractivity contribution is 6.51. The van der Waals surface area contributed by atoms with Gasteiger partial charge in [-0.25, -0.2) is 13.2 Å². The molecule has 0 spiro atoms. The van der Waals surface area contributed by atoms with Gasteiger partial charge in [0.1, 0.15) is 23.2 Å². The smallest absolute Gasteiger partial charge is 0.300 e. The van der Waals surface area contributed by atoms with Gasteiger partial charge in [0.25, 0.3) is 11.7 Å². The number of nitrogens with zero attached hydrogens (tertiary/aromatic N) is 1. The van der Waals surface area contributed by atoms with Crippen molar-refractivity contribution >= 4 is 23.1 Å². The molecule has 3 aromatic rings. The van der Waals surface area contributed by atoms with E-state index in [1.807, 2.05) is 0 Å². The zero-order valence-corrected chi connectivity index (χ0v) is 18.7. The molecule has 1 unspecified atom stereocenters. The predicted octanol–water partition coefficient (Wildman–Crippen LogP) is 5.14. The summed E-state index contributed by atoms with van der Waals surface area (Å²) in [7, 11) is 1.44. The maximum atomic E-state index is 14.8. The molecule has 35 heavy (non-hydrogen) atoms. The van der Waals surface area contributed by atoms with Crippen molar-refractivity contribution in [1.29, 1.82) is 0 Å². The van der Waals surface area contributed by atoms with E-state index in [0.717, 1.165) is 29.2 Å². The summed E-state index contributed by atoms with van der Waals surface area (Å²) in [4.78, 5) is 27.1. The van der Waals surface area contributed by atoms with Gasteiger partial charge in [0.2, 0.25) is 0 Å². The average Bonchev–Trinajstić information content (AvgIpc) is 3.10. The standard InChI is InChI=1S/C26H20F3NO5/c1-3-35-21-12-15(6-11-20(21)34-2)23-22(24(31)14-4-7-16(27)8-5-14)25(32)26(33)30(23)19-10-9-17(28)13-18(19)29/h4-13,23,31H,3H2,1-2H3/b24-22+. The second-order valence-corrected chi connectivity index (χ2v) is 7.62. The van der Waals surface area contributed by atoms with Gasteiger partial charge in [0.05, 0.1) is 31.0 Å². The van der Waals surface area contributed by atoms with Crippen molar-refractivity contribution in [3.8, 4) is 11.5 Å². The lowest BCUT2D eigenvalue weighted by Gasteiger charge is -2.26. The van der Waals surface area contributed by atoms with Crippen LogP contribution >= 0.6 is 0 Å². The van der Waals surface area contributed by atoms with Crippen LogP contribution in [0.1, 0.15) is 24.1 Å². The fraction of sp³-hybridized carbons (Fsp3) is 0.154. The van der Waals surface area contributed by atoms with E-state index in [-0.39, 0.29) is 23.4 Å². The van der Waals surface area contributed by atoms with Gasteiger partial charge in [-0.3, -0.25) is 14.5 Å². The molecule has 1 fully saturated rings. The molecule has 1 atom stereocenters. The molecule has 0 bridgehead atoms. The fourth-order valence-corrected chi connectivity index (χ4v) is 3.97. The van der Waals surface area contributed by atoms with Crippen LogP contribution < -0.4 is 14.4 Å². The van der Waals surface area contributed by atoms with Crippen molar-refractivity contribution in [2.45, 2.75) is 13.0 Å². The topological polar surface area (TPSA) is 76.1 Å². The Morgan fingerprint density at radius 1 is 0.943 bits per heavy atom. The normalized spacial score (nSPS) is 17.1. The number of carbonyl (C=O) groups excluding carboxylic acids is 2. The summed E-state index contributed by atoms with van der Waals surface area (Å²) in [5, 5.41) is 11.0. The number of benzene rings is 3. The minimum absolute atomic E-state index is 0.0764. The van der Waals surface area contributed by atoms with E-state index in [9.17, 15) is 27.9 Å². The molecule has 3 aromatic carbocycles. The van der Waals surface area contributed by atoms with Crippen LogP contribution in [0.4, 0.5) is 18.9 Å². The van der Waals surface area contributed by atoms with Gasteiger partial charge in [-0.2, -0.15) is 0 Å². The van der Waals surface area contributed by atoms with Crippen LogP contribution in [0.15, 0.2) is 66.2 Å². The molecule has 1 saturated heterocycles. The van der Waals surface area contributed by atoms with Crippen LogP contribution in [-0.4, -0.2) is 30.5 Å². The summed E-state index contributed by atoms with van der Waals surface area (Å²) in [5.41, 5.74) is -0.336. The highest BCUT2D eigenvalue weighted by Gasteiger charge is 2.48. The number of anilines is 1. The van der Waals surface area contributed by atoms with Crippen molar-refractivity contribution in [1.82, 2.24) is 0 Å². The van der Waals surface area contributed by atoms with Crippen LogP contribution in [0.5, 0.6) is 11.5 Å². The fourth-order valence-electron chi connectivity index (χ4n) is 3.97. The third-order valence-electron chi connectivity index (χ3n) is 5.53. The molecule has 0 saturated carbocycles. The van der Waals surface area contributed by atoms with Gasteiger partial charge in [-0.1, -0.05) is 6.07 Å². The number of ether oxygens (including phenoxy) is 2. The van der Waals surface area contributed by atoms with E-state index in [1.54, 1.807) is 13.0 Å². The Kier molecular flexibility index (Phi) is 6.50. The molecule has 1 aliphatic rings. The first kappa shape index (κ1) is 23.9. The molecule has 180 valence electrons. The molecule has 6 nitrogen and oxygen atoms in total. The number of hydrogen-bond donors (Lipinski definition) is 1. The molecular weight excluding hydrogens is 463 g/mol. The first-order chi connectivity index (χ1) is 16.8. The highest BCUT2D eigenvalue weighted by Crippen LogP contribution is 2.44. The second-order valence-electron chi connectivity index (χ2n) is 7.62. The third-order valence-corrected chi connectivity index (χ3v) is 5.53. The lowest BCUT2D eigenvalue weighted by molar-refractivity contribution is -0.132. The number of amides is 1. The van der Waals surface area contributed by atoms with Gasteiger partial charge >= 0.3 is 0 Å². The van der Waals surface area contributed by atoms with E-state index >= 15 is 0 Å². The van der Waals surface area contributed by atoms with Crippen molar-refractivity contribution in [3.63, 3.8) is 0 Å². The number of ketones is 1. The van der Waals surface area contributed by atoms with Gasteiger partial charge in [0, 0.05) is 11.6 Å². The zero-order valence-electron chi connectivity index (χ0n) is 18.7. The average molecular weight is 483 g/mol. The lowest BCUT2D eigenvalue weighted by atomic mass is 9.94. The van der Waals surface area contributed by atoms with Crippen molar-refractivity contribution < 1.29 is 37.3 Å². The van der Waals surface area contributed by atoms with E-state index in [2.05, 4.69) is 0 Å². The summed E-state index contributed by atoms with van der Waals surface area (Å²) in [5.74, 6) is -4.63. The quantitative estimate of drug-likeness (QED) is 0.299. The van der Waals surface area contributed by atoms with E-state index in [4.69, 9.17) is 9.47 Å². The molecule has 0 radical (unpaired) electrons. The summed E-state index contributed by atoms with van der Waals surface area (Å²) in [6.07, 6.45) is 0. The number of aliphatic hydroxyl groups is 1. The number of Topliss-reactive ketones (excluding diaryl/α,β-unsaturated/α-hetero) is 1. The van der Waals surface area contributed by atoms with E-state index < -0.39 is 40.9 Å². The monoisotopic (exact) mass is 483 g/mol. The number of carbonyl (C=O) groups is 2. The number of hydrogen-bond acceptors (Lipinski definition) is 5. The molecule has 1 heterocycles. The SMILES string of the molecule is CCOc1cc(C2/C(=C(\O)c3ccc(F)cc3)C(=O)C(=O)N2c2ccc(F)cc2F)ccc1OC. The Morgan fingerprint density at radius 2 is 1.63 bits per heavy atom. The number of rotatable bonds is 6. The van der Waals surface area contributed by atoms with Crippen LogP contribution in [-0.2, 0) is 9.59 Å². The first-order valence-corrected chi connectivity index (χ1v) is 10.6. The Bertz CT molecular complexity index is 1340. The van der Waals surface area contributed by atoms with Crippen LogP contribution in [0, 0.1) is 17.5 Å². The van der Waals surface area contributed by atoms with Gasteiger partial charge in [-0.05, 0) is 61.0 Å². The van der Waals surface area contributed by atoms with E-state index in [1.165, 1.54) is 31.4 Å². The largest absolute Gasteiger partial charge is 0.507 e. The van der Waals surface area contributed by atoms with Crippen LogP contribution in [0.3, 0.4) is 0 Å². The summed E-state index contributed by atoms with van der Waals surface area (Å²) in [6, 6.07) is 10.5. The van der Waals surface area contributed by atoms with Crippen molar-refractivity contribution in [2.24, 2.45) is 0 Å². The van der Waals surface area contributed by atoms with Crippen molar-refractivity contribution in [2.75, 3.05) is 18.6 Å². The molecule has 1 amide bonds.